The first-order valence-electron chi connectivity index (χ1n) is 12.6. The minimum atomic E-state index is -0.837. The zero-order valence-corrected chi connectivity index (χ0v) is 23.3. The van der Waals surface area contributed by atoms with E-state index in [1.807, 2.05) is 24.3 Å². The molecular formula is C30H26N2O8S. The van der Waals surface area contributed by atoms with E-state index in [9.17, 15) is 14.4 Å². The van der Waals surface area contributed by atoms with Gasteiger partial charge in [0, 0.05) is 12.7 Å². The maximum Gasteiger partial charge on any atom is 0.379 e. The average molecular weight is 575 g/mol. The third-order valence-corrected chi connectivity index (χ3v) is 7.30. The quantitative estimate of drug-likeness (QED) is 0.170. The van der Waals surface area contributed by atoms with Gasteiger partial charge in [-0.3, -0.25) is 9.36 Å². The molecular weight excluding hydrogens is 548 g/mol. The second-order valence-electron chi connectivity index (χ2n) is 8.89. The smallest absolute Gasteiger partial charge is 0.379 e. The van der Waals surface area contributed by atoms with Crippen LogP contribution in [0.2, 0.25) is 0 Å². The predicted molar refractivity (Wildman–Crippen MR) is 150 cm³/mol. The van der Waals surface area contributed by atoms with Crippen molar-refractivity contribution in [2.75, 3.05) is 27.4 Å². The van der Waals surface area contributed by atoms with Crippen LogP contribution in [-0.2, 0) is 14.3 Å². The van der Waals surface area contributed by atoms with Crippen molar-refractivity contribution in [3.05, 3.63) is 115 Å². The van der Waals surface area contributed by atoms with Gasteiger partial charge in [-0.2, -0.15) is 0 Å². The summed E-state index contributed by atoms with van der Waals surface area (Å²) in [4.78, 5) is 44.5. The van der Waals surface area contributed by atoms with Crippen molar-refractivity contribution in [2.24, 2.45) is 4.99 Å². The van der Waals surface area contributed by atoms with Crippen molar-refractivity contribution >= 4 is 29.4 Å². The molecule has 41 heavy (non-hydrogen) atoms. The molecule has 0 amide bonds. The van der Waals surface area contributed by atoms with Crippen LogP contribution >= 0.6 is 11.3 Å². The number of carbonyl (C=O) groups is 2. The first-order valence-corrected chi connectivity index (χ1v) is 13.4. The van der Waals surface area contributed by atoms with Gasteiger partial charge < -0.3 is 23.4 Å². The Morgan fingerprint density at radius 1 is 1.02 bits per heavy atom. The standard InChI is InChI=1S/C30H26N2O8S/c1-18-25(29(35)39-16-15-36-2)26(19-10-12-21(13-11-19)40-28(34)23-9-6-14-38-23)32-27(33)24(41-30(32)31-18)17-20-7-4-5-8-22(20)37-3/h4-14,17,26H,15-16H2,1-3H3. The lowest BCUT2D eigenvalue weighted by Gasteiger charge is -2.25. The van der Waals surface area contributed by atoms with Gasteiger partial charge in [-0.25, -0.2) is 14.6 Å². The number of para-hydroxylation sites is 1. The average Bonchev–Trinajstić information content (AvgIpc) is 3.62. The molecule has 2 aromatic heterocycles. The lowest BCUT2D eigenvalue weighted by Crippen LogP contribution is -2.40. The lowest BCUT2D eigenvalue weighted by molar-refractivity contribution is -0.140. The van der Waals surface area contributed by atoms with Gasteiger partial charge in [0.1, 0.15) is 18.1 Å². The molecule has 1 aliphatic heterocycles. The summed E-state index contributed by atoms with van der Waals surface area (Å²) in [5.74, 6) is -0.307. The highest BCUT2D eigenvalue weighted by atomic mass is 32.1. The zero-order chi connectivity index (χ0) is 28.9. The van der Waals surface area contributed by atoms with Crippen molar-refractivity contribution in [3.63, 3.8) is 0 Å². The molecule has 0 aliphatic carbocycles. The summed E-state index contributed by atoms with van der Waals surface area (Å²) in [6.45, 7) is 1.97. The molecule has 210 valence electrons. The lowest BCUT2D eigenvalue weighted by atomic mass is 9.96. The number of benzene rings is 2. The van der Waals surface area contributed by atoms with E-state index in [0.29, 0.717) is 26.3 Å². The number of nitrogens with zero attached hydrogens (tertiary/aromatic N) is 2. The van der Waals surface area contributed by atoms with E-state index in [0.717, 1.165) is 5.56 Å². The van der Waals surface area contributed by atoms with Crippen LogP contribution in [-0.4, -0.2) is 43.9 Å². The molecule has 0 saturated heterocycles. The van der Waals surface area contributed by atoms with Crippen LogP contribution in [0, 0.1) is 0 Å². The molecule has 0 spiro atoms. The number of esters is 2. The number of thiazole rings is 1. The Kier molecular flexibility index (Phi) is 8.27. The summed E-state index contributed by atoms with van der Waals surface area (Å²) >= 11 is 1.21. The van der Waals surface area contributed by atoms with Gasteiger partial charge in [0.15, 0.2) is 4.80 Å². The van der Waals surface area contributed by atoms with Gasteiger partial charge in [0.2, 0.25) is 5.76 Å². The number of aromatic nitrogens is 1. The molecule has 1 aliphatic rings. The van der Waals surface area contributed by atoms with Crippen LogP contribution in [0.1, 0.15) is 34.6 Å². The topological polar surface area (TPSA) is 119 Å². The Hall–Kier alpha value is -4.74. The number of hydrogen-bond acceptors (Lipinski definition) is 10. The summed E-state index contributed by atoms with van der Waals surface area (Å²) < 4.78 is 28.3. The molecule has 0 bridgehead atoms. The molecule has 4 aromatic rings. The predicted octanol–water partition coefficient (Wildman–Crippen LogP) is 3.25. The van der Waals surface area contributed by atoms with Crippen LogP contribution in [0.25, 0.3) is 6.08 Å². The fraction of sp³-hybridized carbons (Fsp3) is 0.200. The molecule has 2 aromatic carbocycles. The van der Waals surface area contributed by atoms with E-state index in [1.54, 1.807) is 50.4 Å². The summed E-state index contributed by atoms with van der Waals surface area (Å²) in [6, 6.07) is 16.2. The van der Waals surface area contributed by atoms with Crippen LogP contribution in [0.5, 0.6) is 11.5 Å². The van der Waals surface area contributed by atoms with Crippen LogP contribution in [0.3, 0.4) is 0 Å². The second kappa shape index (κ2) is 12.2. The number of ether oxygens (including phenoxy) is 4. The summed E-state index contributed by atoms with van der Waals surface area (Å²) in [6.07, 6.45) is 3.12. The van der Waals surface area contributed by atoms with Gasteiger partial charge in [0.25, 0.3) is 5.56 Å². The Morgan fingerprint density at radius 3 is 2.51 bits per heavy atom. The number of carbonyl (C=O) groups excluding carboxylic acids is 2. The molecule has 5 rings (SSSR count). The van der Waals surface area contributed by atoms with Crippen LogP contribution in [0.15, 0.2) is 92.4 Å². The maximum absolute atomic E-state index is 13.8. The van der Waals surface area contributed by atoms with Crippen molar-refractivity contribution in [2.45, 2.75) is 13.0 Å². The van der Waals surface area contributed by atoms with E-state index in [2.05, 4.69) is 4.99 Å². The maximum atomic E-state index is 13.8. The van der Waals surface area contributed by atoms with E-state index in [1.165, 1.54) is 35.3 Å². The number of hydrogen-bond donors (Lipinski definition) is 0. The van der Waals surface area contributed by atoms with E-state index < -0.39 is 18.0 Å². The molecule has 1 atom stereocenters. The minimum absolute atomic E-state index is 0.0404. The van der Waals surface area contributed by atoms with Crippen LogP contribution < -0.4 is 24.4 Å². The largest absolute Gasteiger partial charge is 0.496 e. The third kappa shape index (κ3) is 5.76. The van der Waals surface area contributed by atoms with Crippen molar-refractivity contribution in [1.82, 2.24) is 4.57 Å². The highest BCUT2D eigenvalue weighted by molar-refractivity contribution is 7.07. The van der Waals surface area contributed by atoms with E-state index >= 15 is 0 Å². The highest BCUT2D eigenvalue weighted by Gasteiger charge is 2.33. The normalized spacial score (nSPS) is 14.8. The molecule has 0 radical (unpaired) electrons. The highest BCUT2D eigenvalue weighted by Crippen LogP contribution is 2.32. The molecule has 0 saturated carbocycles. The Morgan fingerprint density at radius 2 is 1.80 bits per heavy atom. The molecule has 1 unspecified atom stereocenters. The summed E-state index contributed by atoms with van der Waals surface area (Å²) in [7, 11) is 3.07. The van der Waals surface area contributed by atoms with Crippen molar-refractivity contribution < 1.29 is 33.0 Å². The Bertz CT molecular complexity index is 1780. The van der Waals surface area contributed by atoms with Gasteiger partial charge >= 0.3 is 11.9 Å². The second-order valence-corrected chi connectivity index (χ2v) is 9.90. The summed E-state index contributed by atoms with van der Waals surface area (Å²) in [5, 5.41) is 0. The first kappa shape index (κ1) is 27.8. The zero-order valence-electron chi connectivity index (χ0n) is 22.5. The van der Waals surface area contributed by atoms with Gasteiger partial charge in [0.05, 0.1) is 41.8 Å². The van der Waals surface area contributed by atoms with Gasteiger partial charge in [-0.15, -0.1) is 0 Å². The Labute approximate surface area is 238 Å². The molecule has 10 nitrogen and oxygen atoms in total. The van der Waals surface area contributed by atoms with Gasteiger partial charge in [-0.1, -0.05) is 41.7 Å². The third-order valence-electron chi connectivity index (χ3n) is 6.32. The van der Waals surface area contributed by atoms with Crippen molar-refractivity contribution in [1.29, 1.82) is 0 Å². The number of fused-ring (bicyclic) bond motifs is 1. The van der Waals surface area contributed by atoms with E-state index in [-0.39, 0.29) is 35.9 Å². The first-order chi connectivity index (χ1) is 19.9. The monoisotopic (exact) mass is 574 g/mol. The summed E-state index contributed by atoms with van der Waals surface area (Å²) in [5.41, 5.74) is 1.65. The van der Waals surface area contributed by atoms with Gasteiger partial charge in [-0.05, 0) is 48.9 Å². The van der Waals surface area contributed by atoms with Crippen molar-refractivity contribution in [3.8, 4) is 11.5 Å². The van der Waals surface area contributed by atoms with E-state index in [4.69, 9.17) is 23.4 Å². The number of allylic oxidation sites excluding steroid dienone is 1. The molecule has 11 heteroatoms. The molecule has 0 N–H and O–H groups in total. The number of rotatable bonds is 9. The molecule has 3 heterocycles. The number of methoxy groups -OCH3 is 2. The fourth-order valence-electron chi connectivity index (χ4n) is 4.39. The SMILES string of the molecule is COCCOC(=O)C1=C(C)N=c2sc(=Cc3ccccc3OC)c(=O)n2C1c1ccc(OC(=O)c2ccco2)cc1. The Balaban J connectivity index is 1.58. The molecule has 0 fully saturated rings. The van der Waals surface area contributed by atoms with Crippen LogP contribution in [0.4, 0.5) is 0 Å². The minimum Gasteiger partial charge on any atom is -0.496 e. The number of furan rings is 1. The fourth-order valence-corrected chi connectivity index (χ4v) is 5.43.